The minimum Gasteiger partial charge on any atom is -0.428 e. The highest BCUT2D eigenvalue weighted by molar-refractivity contribution is 5.93. The number of imidazole rings is 1. The Morgan fingerprint density at radius 2 is 1.28 bits per heavy atom. The molecule has 0 saturated heterocycles. The molecule has 5 rings (SSSR count). The van der Waals surface area contributed by atoms with E-state index in [0.29, 0.717) is 17.0 Å². The second kappa shape index (κ2) is 8.31. The number of amides is 1. The molecule has 7 heteroatoms. The van der Waals surface area contributed by atoms with Gasteiger partial charge < -0.3 is 9.72 Å². The van der Waals surface area contributed by atoms with Crippen LogP contribution in [0.25, 0.3) is 11.2 Å². The SMILES string of the molecule is O=C(Nc1ncnc2nc[nH]c12)OC(c1ccccc1)(c1ccccc1)c1ccccc1. The van der Waals surface area contributed by atoms with Gasteiger partial charge in [-0.2, -0.15) is 0 Å². The van der Waals surface area contributed by atoms with Gasteiger partial charge in [0.2, 0.25) is 0 Å². The Hall–Kier alpha value is -4.52. The Balaban J connectivity index is 1.63. The summed E-state index contributed by atoms with van der Waals surface area (Å²) in [4.78, 5) is 28.6. The molecule has 1 amide bonds. The lowest BCUT2D eigenvalue weighted by Crippen LogP contribution is -2.37. The molecule has 0 saturated carbocycles. The van der Waals surface area contributed by atoms with E-state index in [1.165, 1.54) is 12.7 Å². The first kappa shape index (κ1) is 19.4. The van der Waals surface area contributed by atoms with Gasteiger partial charge in [0.05, 0.1) is 6.33 Å². The number of hydrogen-bond donors (Lipinski definition) is 2. The molecule has 0 aliphatic heterocycles. The number of carbonyl (C=O) groups is 1. The van der Waals surface area contributed by atoms with Crippen LogP contribution in [-0.4, -0.2) is 26.0 Å². The second-order valence-electron chi connectivity index (χ2n) is 7.12. The number of hydrogen-bond acceptors (Lipinski definition) is 5. The van der Waals surface area contributed by atoms with E-state index >= 15 is 0 Å². The van der Waals surface area contributed by atoms with E-state index in [9.17, 15) is 4.79 Å². The molecule has 0 fully saturated rings. The average Bonchev–Trinajstić information content (AvgIpc) is 3.34. The van der Waals surface area contributed by atoms with Crippen molar-refractivity contribution < 1.29 is 9.53 Å². The third-order valence-corrected chi connectivity index (χ3v) is 5.23. The minimum atomic E-state index is -1.17. The number of nitrogens with zero attached hydrogens (tertiary/aromatic N) is 3. The number of aromatic nitrogens is 4. The Kier molecular flexibility index (Phi) is 5.05. The van der Waals surface area contributed by atoms with Gasteiger partial charge in [0, 0.05) is 16.7 Å². The van der Waals surface area contributed by atoms with Crippen LogP contribution in [0.5, 0.6) is 0 Å². The lowest BCUT2D eigenvalue weighted by atomic mass is 9.80. The molecule has 5 aromatic rings. The molecular weight excluding hydrogens is 402 g/mol. The Morgan fingerprint density at radius 1 is 0.750 bits per heavy atom. The van der Waals surface area contributed by atoms with E-state index in [1.807, 2.05) is 91.0 Å². The topological polar surface area (TPSA) is 92.8 Å². The molecule has 2 aromatic heterocycles. The summed E-state index contributed by atoms with van der Waals surface area (Å²) < 4.78 is 6.28. The number of ether oxygens (including phenoxy) is 1. The van der Waals surface area contributed by atoms with Gasteiger partial charge in [-0.15, -0.1) is 0 Å². The summed E-state index contributed by atoms with van der Waals surface area (Å²) in [5, 5.41) is 2.75. The van der Waals surface area contributed by atoms with Crippen LogP contribution in [0.15, 0.2) is 104 Å². The Bertz CT molecular complexity index is 1240. The number of nitrogens with one attached hydrogen (secondary N) is 2. The number of rotatable bonds is 5. The summed E-state index contributed by atoms with van der Waals surface area (Å²) in [6.07, 6.45) is 2.19. The van der Waals surface area contributed by atoms with Crippen molar-refractivity contribution in [1.82, 2.24) is 19.9 Å². The fraction of sp³-hybridized carbons (Fsp3) is 0.0400. The monoisotopic (exact) mass is 421 g/mol. The standard InChI is InChI=1S/C25H19N5O2/c31-24(30-23-21-22(27-16-26-21)28-17-29-23)32-25(18-10-4-1-5-11-18,19-12-6-2-7-13-19)20-14-8-3-9-15-20/h1-17H,(H2,26,27,28,29,30,31). The van der Waals surface area contributed by atoms with Crippen LogP contribution in [0.1, 0.15) is 16.7 Å². The summed E-state index contributed by atoms with van der Waals surface area (Å²) in [7, 11) is 0. The molecule has 0 unspecified atom stereocenters. The quantitative estimate of drug-likeness (QED) is 0.394. The maximum Gasteiger partial charge on any atom is 0.414 e. The number of carbonyl (C=O) groups excluding carboxylic acids is 1. The van der Waals surface area contributed by atoms with Crippen LogP contribution >= 0.6 is 0 Å². The van der Waals surface area contributed by atoms with Crippen LogP contribution < -0.4 is 5.32 Å². The molecule has 7 nitrogen and oxygen atoms in total. The Labute approximate surface area is 184 Å². The van der Waals surface area contributed by atoms with Gasteiger partial charge in [0.15, 0.2) is 17.1 Å². The molecule has 0 radical (unpaired) electrons. The van der Waals surface area contributed by atoms with Crippen LogP contribution in [0.2, 0.25) is 0 Å². The average molecular weight is 421 g/mol. The Morgan fingerprint density at radius 3 is 1.81 bits per heavy atom. The van der Waals surface area contributed by atoms with Gasteiger partial charge in [0.1, 0.15) is 11.8 Å². The number of anilines is 1. The zero-order chi connectivity index (χ0) is 21.8. The van der Waals surface area contributed by atoms with Gasteiger partial charge in [-0.05, 0) is 0 Å². The smallest absolute Gasteiger partial charge is 0.414 e. The lowest BCUT2D eigenvalue weighted by Gasteiger charge is -2.35. The van der Waals surface area contributed by atoms with Crippen LogP contribution in [0, 0.1) is 0 Å². The fourth-order valence-corrected chi connectivity index (χ4v) is 3.82. The maximum absolute atomic E-state index is 13.3. The molecule has 2 heterocycles. The zero-order valence-electron chi connectivity index (χ0n) is 17.0. The van der Waals surface area contributed by atoms with E-state index in [2.05, 4.69) is 25.3 Å². The number of benzene rings is 3. The normalized spacial score (nSPS) is 11.2. The molecule has 0 atom stereocenters. The third-order valence-electron chi connectivity index (χ3n) is 5.23. The zero-order valence-corrected chi connectivity index (χ0v) is 17.0. The summed E-state index contributed by atoms with van der Waals surface area (Å²) in [5.74, 6) is 0.292. The van der Waals surface area contributed by atoms with Crippen LogP contribution in [0.4, 0.5) is 10.6 Å². The second-order valence-corrected chi connectivity index (χ2v) is 7.12. The van der Waals surface area contributed by atoms with Crippen molar-refractivity contribution in [2.45, 2.75) is 5.60 Å². The molecular formula is C25H19N5O2. The predicted molar refractivity (Wildman–Crippen MR) is 121 cm³/mol. The largest absolute Gasteiger partial charge is 0.428 e. The minimum absolute atomic E-state index is 0.292. The third kappa shape index (κ3) is 3.45. The summed E-state index contributed by atoms with van der Waals surface area (Å²) in [6, 6.07) is 29.0. The predicted octanol–water partition coefficient (Wildman–Crippen LogP) is 4.89. The van der Waals surface area contributed by atoms with Crippen molar-refractivity contribution in [3.05, 3.63) is 120 Å². The van der Waals surface area contributed by atoms with Gasteiger partial charge in [0.25, 0.3) is 0 Å². The first-order valence-electron chi connectivity index (χ1n) is 10.1. The van der Waals surface area contributed by atoms with E-state index in [4.69, 9.17) is 4.74 Å². The highest BCUT2D eigenvalue weighted by atomic mass is 16.6. The van der Waals surface area contributed by atoms with E-state index < -0.39 is 11.7 Å². The van der Waals surface area contributed by atoms with E-state index in [1.54, 1.807) is 0 Å². The van der Waals surface area contributed by atoms with Crippen molar-refractivity contribution >= 4 is 23.1 Å². The van der Waals surface area contributed by atoms with Crippen LogP contribution in [-0.2, 0) is 10.3 Å². The molecule has 3 aromatic carbocycles. The van der Waals surface area contributed by atoms with Gasteiger partial charge in [-0.25, -0.2) is 19.7 Å². The van der Waals surface area contributed by atoms with Gasteiger partial charge in [-0.1, -0.05) is 91.0 Å². The van der Waals surface area contributed by atoms with E-state index in [0.717, 1.165) is 16.7 Å². The molecule has 0 spiro atoms. The number of aromatic amines is 1. The fourth-order valence-electron chi connectivity index (χ4n) is 3.82. The van der Waals surface area contributed by atoms with Crippen molar-refractivity contribution in [1.29, 1.82) is 0 Å². The molecule has 156 valence electrons. The first-order valence-corrected chi connectivity index (χ1v) is 10.1. The highest BCUT2D eigenvalue weighted by Gasteiger charge is 2.40. The summed E-state index contributed by atoms with van der Waals surface area (Å²) in [6.45, 7) is 0. The highest BCUT2D eigenvalue weighted by Crippen LogP contribution is 2.40. The van der Waals surface area contributed by atoms with Gasteiger partial charge in [-0.3, -0.25) is 5.32 Å². The summed E-state index contributed by atoms with van der Waals surface area (Å²) >= 11 is 0. The van der Waals surface area contributed by atoms with Crippen molar-refractivity contribution in [2.75, 3.05) is 5.32 Å². The first-order chi connectivity index (χ1) is 15.8. The van der Waals surface area contributed by atoms with Crippen LogP contribution in [0.3, 0.4) is 0 Å². The molecule has 32 heavy (non-hydrogen) atoms. The molecule has 0 aliphatic rings. The number of H-pyrrole nitrogens is 1. The maximum atomic E-state index is 13.3. The van der Waals surface area contributed by atoms with Crippen molar-refractivity contribution in [3.8, 4) is 0 Å². The molecule has 0 bridgehead atoms. The number of fused-ring (bicyclic) bond motifs is 1. The van der Waals surface area contributed by atoms with Crippen molar-refractivity contribution in [3.63, 3.8) is 0 Å². The lowest BCUT2D eigenvalue weighted by molar-refractivity contribution is 0.0785. The molecule has 2 N–H and O–H groups in total. The van der Waals surface area contributed by atoms with Crippen molar-refractivity contribution in [2.24, 2.45) is 0 Å². The van der Waals surface area contributed by atoms with E-state index in [-0.39, 0.29) is 0 Å². The summed E-state index contributed by atoms with van der Waals surface area (Å²) in [5.41, 5.74) is 2.27. The molecule has 0 aliphatic carbocycles. The van der Waals surface area contributed by atoms with Gasteiger partial charge >= 0.3 is 6.09 Å².